The molecule has 0 radical (unpaired) electrons. The molecule has 6 nitrogen and oxygen atoms in total. The van der Waals surface area contributed by atoms with Gasteiger partial charge in [-0.1, -0.05) is 0 Å². The zero-order valence-electron chi connectivity index (χ0n) is 16.0. The molecule has 1 aromatic rings. The minimum Gasteiger partial charge on any atom is -0.368 e. The predicted molar refractivity (Wildman–Crippen MR) is 103 cm³/mol. The first-order valence-corrected chi connectivity index (χ1v) is 10.2. The Kier molecular flexibility index (Phi) is 4.76. The minimum absolute atomic E-state index is 0.0571. The molecule has 26 heavy (non-hydrogen) atoms. The molecule has 5 rings (SSSR count). The molecule has 0 atom stereocenters. The molecule has 6 heteroatoms. The highest BCUT2D eigenvalue weighted by Gasteiger charge is 2.54. The zero-order chi connectivity index (χ0) is 18.1. The molecular weight excluding hydrogens is 326 g/mol. The number of amides is 1. The van der Waals surface area contributed by atoms with E-state index in [1.807, 2.05) is 19.9 Å². The van der Waals surface area contributed by atoms with Gasteiger partial charge in [0.15, 0.2) is 0 Å². The van der Waals surface area contributed by atoms with Gasteiger partial charge in [-0.25, -0.2) is 4.98 Å². The van der Waals surface area contributed by atoms with Crippen molar-refractivity contribution >= 4 is 17.7 Å². The van der Waals surface area contributed by atoms with Crippen molar-refractivity contribution < 1.29 is 4.79 Å². The standard InChI is InChI=1S/C20H31N5O/c1-3-21-19-24-13(2)6-17(25-19)22-4-5-23-18(26)20-10-14-7-15(11-20)9-16(8-14)12-20/h6,14-16H,3-5,7-12H2,1-2H3,(H,23,26)(H2,21,22,24,25). The molecule has 0 spiro atoms. The molecule has 3 N–H and O–H groups in total. The highest BCUT2D eigenvalue weighted by atomic mass is 16.2. The van der Waals surface area contributed by atoms with Crippen LogP contribution in [0.25, 0.3) is 0 Å². The largest absolute Gasteiger partial charge is 0.368 e. The number of hydrogen-bond donors (Lipinski definition) is 3. The second-order valence-corrected chi connectivity index (χ2v) is 8.63. The number of nitrogens with zero attached hydrogens (tertiary/aromatic N) is 2. The lowest BCUT2D eigenvalue weighted by atomic mass is 9.49. The summed E-state index contributed by atoms with van der Waals surface area (Å²) in [6, 6.07) is 1.93. The van der Waals surface area contributed by atoms with Gasteiger partial charge in [0.1, 0.15) is 5.82 Å². The van der Waals surface area contributed by atoms with Crippen LogP contribution in [0.15, 0.2) is 6.07 Å². The number of rotatable bonds is 7. The Morgan fingerprint density at radius 2 is 1.73 bits per heavy atom. The van der Waals surface area contributed by atoms with E-state index in [4.69, 9.17) is 0 Å². The van der Waals surface area contributed by atoms with Crippen molar-refractivity contribution in [2.75, 3.05) is 30.3 Å². The Bertz CT molecular complexity index is 639. The third-order valence-electron chi connectivity index (χ3n) is 6.43. The second kappa shape index (κ2) is 7.05. The maximum atomic E-state index is 12.9. The number of hydrogen-bond acceptors (Lipinski definition) is 5. The van der Waals surface area contributed by atoms with Crippen LogP contribution in [0, 0.1) is 30.1 Å². The molecule has 1 aromatic heterocycles. The molecule has 4 fully saturated rings. The summed E-state index contributed by atoms with van der Waals surface area (Å²) in [5, 5.41) is 9.65. The fraction of sp³-hybridized carbons (Fsp3) is 0.750. The average Bonchev–Trinajstić information content (AvgIpc) is 2.57. The van der Waals surface area contributed by atoms with E-state index < -0.39 is 0 Å². The van der Waals surface area contributed by atoms with Crippen molar-refractivity contribution in [3.8, 4) is 0 Å². The van der Waals surface area contributed by atoms with E-state index in [1.54, 1.807) is 0 Å². The Morgan fingerprint density at radius 3 is 2.35 bits per heavy atom. The lowest BCUT2D eigenvalue weighted by molar-refractivity contribution is -0.146. The number of nitrogens with one attached hydrogen (secondary N) is 3. The Morgan fingerprint density at radius 1 is 1.08 bits per heavy atom. The lowest BCUT2D eigenvalue weighted by Crippen LogP contribution is -2.54. The van der Waals surface area contributed by atoms with E-state index in [0.29, 0.717) is 24.9 Å². The molecule has 1 heterocycles. The van der Waals surface area contributed by atoms with Crippen LogP contribution >= 0.6 is 0 Å². The molecule has 4 aliphatic rings. The van der Waals surface area contributed by atoms with Gasteiger partial charge in [-0.05, 0) is 70.1 Å². The average molecular weight is 358 g/mol. The third-order valence-corrected chi connectivity index (χ3v) is 6.43. The van der Waals surface area contributed by atoms with Crippen LogP contribution in [0.5, 0.6) is 0 Å². The van der Waals surface area contributed by atoms with E-state index in [-0.39, 0.29) is 5.41 Å². The summed E-state index contributed by atoms with van der Waals surface area (Å²) in [5.41, 5.74) is 0.870. The van der Waals surface area contributed by atoms with E-state index >= 15 is 0 Å². The van der Waals surface area contributed by atoms with Gasteiger partial charge in [-0.3, -0.25) is 4.79 Å². The van der Waals surface area contributed by atoms with Crippen LogP contribution in [-0.4, -0.2) is 35.5 Å². The van der Waals surface area contributed by atoms with Crippen molar-refractivity contribution in [2.24, 2.45) is 23.2 Å². The van der Waals surface area contributed by atoms with Crippen molar-refractivity contribution in [3.05, 3.63) is 11.8 Å². The molecule has 1 amide bonds. The van der Waals surface area contributed by atoms with E-state index in [1.165, 1.54) is 19.3 Å². The first-order chi connectivity index (χ1) is 12.6. The molecule has 4 saturated carbocycles. The van der Waals surface area contributed by atoms with Crippen LogP contribution in [0.1, 0.15) is 51.1 Å². The smallest absolute Gasteiger partial charge is 0.226 e. The summed E-state index contributed by atoms with van der Waals surface area (Å²) in [6.45, 7) is 6.10. The van der Waals surface area contributed by atoms with Gasteiger partial charge in [0.25, 0.3) is 0 Å². The molecule has 0 aliphatic heterocycles. The zero-order valence-corrected chi connectivity index (χ0v) is 16.0. The van der Waals surface area contributed by atoms with Crippen molar-refractivity contribution in [1.29, 1.82) is 0 Å². The van der Waals surface area contributed by atoms with Crippen LogP contribution < -0.4 is 16.0 Å². The van der Waals surface area contributed by atoms with Crippen LogP contribution in [-0.2, 0) is 4.79 Å². The Balaban J connectivity index is 1.28. The molecule has 142 valence electrons. The monoisotopic (exact) mass is 357 g/mol. The minimum atomic E-state index is -0.0571. The van der Waals surface area contributed by atoms with Crippen LogP contribution in [0.2, 0.25) is 0 Å². The van der Waals surface area contributed by atoms with Crippen LogP contribution in [0.3, 0.4) is 0 Å². The number of carbonyl (C=O) groups is 1. The first kappa shape index (κ1) is 17.6. The lowest BCUT2D eigenvalue weighted by Gasteiger charge is -2.55. The summed E-state index contributed by atoms with van der Waals surface area (Å²) in [6.07, 6.45) is 7.47. The Labute approximate surface area is 156 Å². The summed E-state index contributed by atoms with van der Waals surface area (Å²) in [7, 11) is 0. The third kappa shape index (κ3) is 3.51. The number of carbonyl (C=O) groups excluding carboxylic acids is 1. The van der Waals surface area contributed by atoms with Gasteiger partial charge in [0.05, 0.1) is 0 Å². The fourth-order valence-electron chi connectivity index (χ4n) is 5.84. The molecule has 0 aromatic carbocycles. The fourth-order valence-corrected chi connectivity index (χ4v) is 5.84. The van der Waals surface area contributed by atoms with Gasteiger partial charge >= 0.3 is 0 Å². The van der Waals surface area contributed by atoms with Crippen LogP contribution in [0.4, 0.5) is 11.8 Å². The van der Waals surface area contributed by atoms with Gasteiger partial charge in [-0.2, -0.15) is 4.98 Å². The number of aryl methyl sites for hydroxylation is 1. The van der Waals surface area contributed by atoms with Crippen molar-refractivity contribution in [1.82, 2.24) is 15.3 Å². The summed E-state index contributed by atoms with van der Waals surface area (Å²) >= 11 is 0. The topological polar surface area (TPSA) is 78.9 Å². The SMILES string of the molecule is CCNc1nc(C)cc(NCCNC(=O)C23CC4CC(CC(C4)C2)C3)n1. The molecule has 4 bridgehead atoms. The maximum Gasteiger partial charge on any atom is 0.226 e. The highest BCUT2D eigenvalue weighted by Crippen LogP contribution is 2.60. The Hall–Kier alpha value is -1.85. The number of anilines is 2. The normalized spacial score (nSPS) is 31.7. The second-order valence-electron chi connectivity index (χ2n) is 8.63. The molecular formula is C20H31N5O. The molecule has 0 unspecified atom stereocenters. The van der Waals surface area contributed by atoms with Gasteiger partial charge < -0.3 is 16.0 Å². The summed E-state index contributed by atoms with van der Waals surface area (Å²) in [4.78, 5) is 21.7. The van der Waals surface area contributed by atoms with E-state index in [2.05, 4.69) is 25.9 Å². The van der Waals surface area contributed by atoms with Gasteiger partial charge in [0, 0.05) is 36.8 Å². The van der Waals surface area contributed by atoms with Gasteiger partial charge in [-0.15, -0.1) is 0 Å². The van der Waals surface area contributed by atoms with Crippen molar-refractivity contribution in [3.63, 3.8) is 0 Å². The predicted octanol–water partition coefficient (Wildman–Crippen LogP) is 2.96. The highest BCUT2D eigenvalue weighted by molar-refractivity contribution is 5.83. The first-order valence-electron chi connectivity index (χ1n) is 10.2. The number of aromatic nitrogens is 2. The van der Waals surface area contributed by atoms with E-state index in [0.717, 1.165) is 55.1 Å². The summed E-state index contributed by atoms with van der Waals surface area (Å²) < 4.78 is 0. The van der Waals surface area contributed by atoms with E-state index in [9.17, 15) is 4.79 Å². The quantitative estimate of drug-likeness (QED) is 0.654. The molecule has 0 saturated heterocycles. The summed E-state index contributed by atoms with van der Waals surface area (Å²) in [5.74, 6) is 4.16. The van der Waals surface area contributed by atoms with Crippen molar-refractivity contribution in [2.45, 2.75) is 52.4 Å². The van der Waals surface area contributed by atoms with Gasteiger partial charge in [0.2, 0.25) is 11.9 Å². The molecule has 4 aliphatic carbocycles. The maximum absolute atomic E-state index is 12.9.